The van der Waals surface area contributed by atoms with E-state index >= 15 is 0 Å². The summed E-state index contributed by atoms with van der Waals surface area (Å²) in [6.45, 7) is 0.426. The Kier molecular flexibility index (Phi) is 7.10. The minimum absolute atomic E-state index is 0. The van der Waals surface area contributed by atoms with Crippen molar-refractivity contribution in [3.63, 3.8) is 0 Å². The van der Waals surface area contributed by atoms with Crippen molar-refractivity contribution in [1.29, 1.82) is 0 Å². The van der Waals surface area contributed by atoms with E-state index in [1.165, 1.54) is 7.05 Å². The minimum Gasteiger partial charge on any atom is -0.364 e. The molecule has 0 saturated carbocycles. The van der Waals surface area contributed by atoms with E-state index in [1.54, 1.807) is 24.3 Å². The number of ether oxygens (including phenoxy) is 1. The molecule has 1 aliphatic rings. The van der Waals surface area contributed by atoms with Crippen molar-refractivity contribution >= 4 is 35.7 Å². The molecule has 2 rings (SSSR count). The van der Waals surface area contributed by atoms with Crippen LogP contribution in [0.2, 0.25) is 0 Å². The zero-order valence-electron chi connectivity index (χ0n) is 12.3. The maximum absolute atomic E-state index is 12.1. The molecule has 1 fully saturated rings. The van der Waals surface area contributed by atoms with Gasteiger partial charge in [0, 0.05) is 25.0 Å². The van der Waals surface area contributed by atoms with E-state index in [9.17, 15) is 9.59 Å². The number of nitrogens with two attached hydrogens (primary N) is 1. The summed E-state index contributed by atoms with van der Waals surface area (Å²) in [4.78, 5) is 23.3. The Balaban J connectivity index is 0.00000242. The fourth-order valence-corrected chi connectivity index (χ4v) is 2.16. The number of halogens is 1. The standard InChI is InChI=1S/C14H20N4O3.ClH/c1-16-14(20)18-10-4-2-3-9(7-10)17-13(19)12-6-5-11(8-15)21-12;/h2-4,7,11-12H,5-6,8,15H2,1H3,(H,17,19)(H2,16,18,20);1H/t11-,12+;/m1./s1. The van der Waals surface area contributed by atoms with Crippen LogP contribution in [0.3, 0.4) is 0 Å². The van der Waals surface area contributed by atoms with Gasteiger partial charge in [0.15, 0.2) is 0 Å². The van der Waals surface area contributed by atoms with E-state index in [4.69, 9.17) is 10.5 Å². The summed E-state index contributed by atoms with van der Waals surface area (Å²) in [6, 6.07) is 6.61. The molecular weight excluding hydrogens is 308 g/mol. The maximum atomic E-state index is 12.1. The van der Waals surface area contributed by atoms with Crippen LogP contribution in [-0.2, 0) is 9.53 Å². The van der Waals surface area contributed by atoms with Gasteiger partial charge in [-0.15, -0.1) is 12.4 Å². The van der Waals surface area contributed by atoms with Crippen LogP contribution in [0.4, 0.5) is 16.2 Å². The third-order valence-corrected chi connectivity index (χ3v) is 3.28. The van der Waals surface area contributed by atoms with Crippen LogP contribution >= 0.6 is 12.4 Å². The van der Waals surface area contributed by atoms with Gasteiger partial charge in [-0.3, -0.25) is 4.79 Å². The molecule has 0 spiro atoms. The summed E-state index contributed by atoms with van der Waals surface area (Å²) < 4.78 is 5.54. The topological polar surface area (TPSA) is 105 Å². The quantitative estimate of drug-likeness (QED) is 0.668. The molecule has 2 atom stereocenters. The SMILES string of the molecule is CNC(=O)Nc1cccc(NC(=O)[C@@H]2CC[C@H](CN)O2)c1.Cl. The molecule has 1 heterocycles. The Bertz CT molecular complexity index is 527. The third kappa shape index (κ3) is 4.87. The van der Waals surface area contributed by atoms with E-state index in [-0.39, 0.29) is 30.4 Å². The Hall–Kier alpha value is -1.83. The number of hydrogen-bond donors (Lipinski definition) is 4. The Morgan fingerprint density at radius 2 is 1.95 bits per heavy atom. The van der Waals surface area contributed by atoms with Crippen molar-refractivity contribution < 1.29 is 14.3 Å². The van der Waals surface area contributed by atoms with Crippen LogP contribution in [0, 0.1) is 0 Å². The number of urea groups is 1. The number of anilines is 2. The lowest BCUT2D eigenvalue weighted by Crippen LogP contribution is -2.29. The van der Waals surface area contributed by atoms with Gasteiger partial charge in [0.25, 0.3) is 5.91 Å². The zero-order chi connectivity index (χ0) is 15.2. The summed E-state index contributed by atoms with van der Waals surface area (Å²) in [5, 5.41) is 7.89. The Morgan fingerprint density at radius 3 is 2.55 bits per heavy atom. The first-order valence-corrected chi connectivity index (χ1v) is 6.87. The molecule has 0 radical (unpaired) electrons. The molecule has 0 aromatic heterocycles. The second-order valence-corrected chi connectivity index (χ2v) is 4.83. The van der Waals surface area contributed by atoms with Crippen LogP contribution in [0.25, 0.3) is 0 Å². The molecule has 22 heavy (non-hydrogen) atoms. The number of carbonyl (C=O) groups is 2. The minimum atomic E-state index is -0.464. The molecule has 122 valence electrons. The molecular formula is C14H21ClN4O3. The predicted octanol–water partition coefficient (Wildman–Crippen LogP) is 1.30. The molecule has 0 aliphatic carbocycles. The number of benzene rings is 1. The van der Waals surface area contributed by atoms with Crippen LogP contribution in [0.15, 0.2) is 24.3 Å². The number of nitrogens with one attached hydrogen (secondary N) is 3. The molecule has 0 unspecified atom stereocenters. The van der Waals surface area contributed by atoms with Gasteiger partial charge in [-0.2, -0.15) is 0 Å². The molecule has 7 nitrogen and oxygen atoms in total. The van der Waals surface area contributed by atoms with Crippen LogP contribution in [-0.4, -0.2) is 37.7 Å². The van der Waals surface area contributed by atoms with Crippen molar-refractivity contribution in [3.05, 3.63) is 24.3 Å². The highest BCUT2D eigenvalue weighted by Gasteiger charge is 2.29. The van der Waals surface area contributed by atoms with Gasteiger partial charge in [0.1, 0.15) is 6.10 Å². The normalized spacial score (nSPS) is 19.9. The van der Waals surface area contributed by atoms with E-state index in [0.717, 1.165) is 6.42 Å². The molecule has 0 bridgehead atoms. The molecule has 3 amide bonds. The molecule has 1 aromatic rings. The van der Waals surface area contributed by atoms with E-state index in [1.807, 2.05) is 0 Å². The number of amides is 3. The van der Waals surface area contributed by atoms with Gasteiger partial charge in [0.2, 0.25) is 0 Å². The molecule has 1 aromatic carbocycles. The smallest absolute Gasteiger partial charge is 0.318 e. The van der Waals surface area contributed by atoms with E-state index < -0.39 is 6.10 Å². The van der Waals surface area contributed by atoms with Crippen molar-refractivity contribution in [1.82, 2.24) is 5.32 Å². The lowest BCUT2D eigenvalue weighted by Gasteiger charge is -2.13. The first-order chi connectivity index (χ1) is 10.1. The van der Waals surface area contributed by atoms with Crippen LogP contribution < -0.4 is 21.7 Å². The monoisotopic (exact) mass is 328 g/mol. The van der Waals surface area contributed by atoms with E-state index in [2.05, 4.69) is 16.0 Å². The predicted molar refractivity (Wildman–Crippen MR) is 87.3 cm³/mol. The molecule has 5 N–H and O–H groups in total. The average Bonchev–Trinajstić information content (AvgIpc) is 2.96. The second kappa shape index (κ2) is 8.57. The lowest BCUT2D eigenvalue weighted by atomic mass is 10.2. The number of carbonyl (C=O) groups excluding carboxylic acids is 2. The molecule has 1 saturated heterocycles. The fourth-order valence-electron chi connectivity index (χ4n) is 2.16. The zero-order valence-corrected chi connectivity index (χ0v) is 13.1. The molecule has 1 aliphatic heterocycles. The van der Waals surface area contributed by atoms with Crippen molar-refractivity contribution in [2.24, 2.45) is 5.73 Å². The second-order valence-electron chi connectivity index (χ2n) is 4.83. The largest absolute Gasteiger partial charge is 0.364 e. The van der Waals surface area contributed by atoms with Gasteiger partial charge >= 0.3 is 6.03 Å². The summed E-state index contributed by atoms with van der Waals surface area (Å²) in [7, 11) is 1.53. The highest BCUT2D eigenvalue weighted by molar-refractivity contribution is 5.95. The average molecular weight is 329 g/mol. The van der Waals surface area contributed by atoms with Crippen molar-refractivity contribution in [3.8, 4) is 0 Å². The molecule has 8 heteroatoms. The summed E-state index contributed by atoms with van der Waals surface area (Å²) in [6.07, 6.45) is 0.965. The highest BCUT2D eigenvalue weighted by Crippen LogP contribution is 2.21. The van der Waals surface area contributed by atoms with Crippen molar-refractivity contribution in [2.75, 3.05) is 24.2 Å². The third-order valence-electron chi connectivity index (χ3n) is 3.28. The maximum Gasteiger partial charge on any atom is 0.318 e. The van der Waals surface area contributed by atoms with E-state index in [0.29, 0.717) is 24.3 Å². The van der Waals surface area contributed by atoms with Gasteiger partial charge in [-0.05, 0) is 31.0 Å². The first kappa shape index (κ1) is 18.2. The van der Waals surface area contributed by atoms with Crippen LogP contribution in [0.1, 0.15) is 12.8 Å². The first-order valence-electron chi connectivity index (χ1n) is 6.87. The highest BCUT2D eigenvalue weighted by atomic mass is 35.5. The van der Waals surface area contributed by atoms with Gasteiger partial charge < -0.3 is 26.4 Å². The van der Waals surface area contributed by atoms with Crippen molar-refractivity contribution in [2.45, 2.75) is 25.0 Å². The number of rotatable bonds is 4. The number of hydrogen-bond acceptors (Lipinski definition) is 4. The Morgan fingerprint density at radius 1 is 1.27 bits per heavy atom. The van der Waals surface area contributed by atoms with Gasteiger partial charge in [-0.1, -0.05) is 6.07 Å². The lowest BCUT2D eigenvalue weighted by molar-refractivity contribution is -0.126. The summed E-state index contributed by atoms with van der Waals surface area (Å²) >= 11 is 0. The van der Waals surface area contributed by atoms with Gasteiger partial charge in [-0.25, -0.2) is 4.79 Å². The van der Waals surface area contributed by atoms with Crippen LogP contribution in [0.5, 0.6) is 0 Å². The Labute approximate surface area is 135 Å². The summed E-state index contributed by atoms with van der Waals surface area (Å²) in [5.74, 6) is -0.192. The fraction of sp³-hybridized carbons (Fsp3) is 0.429. The van der Waals surface area contributed by atoms with Gasteiger partial charge in [0.05, 0.1) is 6.10 Å². The summed E-state index contributed by atoms with van der Waals surface area (Å²) in [5.41, 5.74) is 6.73.